The average Bonchev–Trinajstić information content (AvgIpc) is 3.26. The minimum Gasteiger partial charge on any atom is -0.342 e. The van der Waals surface area contributed by atoms with Crippen LogP contribution in [0.3, 0.4) is 0 Å². The number of nitrogens with two attached hydrogens (primary N) is 1. The number of hydrogen-bond acceptors (Lipinski definition) is 2. The molecule has 0 spiro atoms. The second-order valence-electron chi connectivity index (χ2n) is 6.61. The third-order valence-corrected chi connectivity index (χ3v) is 5.40. The molecule has 1 heterocycles. The molecule has 1 aromatic carbocycles. The summed E-state index contributed by atoms with van der Waals surface area (Å²) < 4.78 is 13.9. The quantitative estimate of drug-likeness (QED) is 0.928. The molecule has 2 fully saturated rings. The minimum absolute atomic E-state index is 0.0626. The van der Waals surface area contributed by atoms with Crippen LogP contribution in [-0.4, -0.2) is 29.9 Å². The van der Waals surface area contributed by atoms with Crippen molar-refractivity contribution >= 4 is 17.5 Å². The zero-order valence-electron chi connectivity index (χ0n) is 12.8. The Morgan fingerprint density at radius 3 is 2.68 bits per heavy atom. The standard InChI is InChI=1S/C17H22ClFN2O/c1-10(20)11-5-7-21(8-6-11)17(22)13-9-12(13)16-14(18)3-2-4-15(16)19/h2-4,10-13H,5-9,20H2,1H3. The van der Waals surface area contributed by atoms with Crippen LogP contribution in [0, 0.1) is 17.7 Å². The monoisotopic (exact) mass is 324 g/mol. The van der Waals surface area contributed by atoms with Gasteiger partial charge in [0.1, 0.15) is 5.82 Å². The molecule has 1 saturated carbocycles. The molecule has 3 nitrogen and oxygen atoms in total. The van der Waals surface area contributed by atoms with Gasteiger partial charge in [-0.1, -0.05) is 17.7 Å². The third-order valence-electron chi connectivity index (χ3n) is 5.07. The van der Waals surface area contributed by atoms with Crippen LogP contribution in [0.1, 0.15) is 37.7 Å². The largest absolute Gasteiger partial charge is 0.342 e. The van der Waals surface area contributed by atoms with Gasteiger partial charge in [-0.25, -0.2) is 4.39 Å². The highest BCUT2D eigenvalue weighted by Crippen LogP contribution is 2.51. The Labute approximate surface area is 135 Å². The number of amides is 1. The topological polar surface area (TPSA) is 46.3 Å². The van der Waals surface area contributed by atoms with Crippen LogP contribution in [0.15, 0.2) is 18.2 Å². The summed E-state index contributed by atoms with van der Waals surface area (Å²) in [6, 6.07) is 4.88. The van der Waals surface area contributed by atoms with E-state index >= 15 is 0 Å². The predicted molar refractivity (Wildman–Crippen MR) is 85.2 cm³/mol. The van der Waals surface area contributed by atoms with Gasteiger partial charge >= 0.3 is 0 Å². The fraction of sp³-hybridized carbons (Fsp3) is 0.588. The Bertz CT molecular complexity index is 550. The second-order valence-corrected chi connectivity index (χ2v) is 7.01. The Morgan fingerprint density at radius 2 is 2.09 bits per heavy atom. The van der Waals surface area contributed by atoms with E-state index in [-0.39, 0.29) is 29.6 Å². The first-order valence-corrected chi connectivity index (χ1v) is 8.35. The van der Waals surface area contributed by atoms with E-state index in [0.29, 0.717) is 22.9 Å². The minimum atomic E-state index is -0.302. The van der Waals surface area contributed by atoms with Gasteiger partial charge in [0, 0.05) is 41.6 Å². The molecule has 3 atom stereocenters. The molecule has 3 unspecified atom stereocenters. The molecular weight excluding hydrogens is 303 g/mol. The van der Waals surface area contributed by atoms with Gasteiger partial charge in [0.05, 0.1) is 0 Å². The van der Waals surface area contributed by atoms with Crippen molar-refractivity contribution in [3.8, 4) is 0 Å². The molecule has 0 aromatic heterocycles. The number of hydrogen-bond donors (Lipinski definition) is 1. The molecule has 2 aliphatic rings. The van der Waals surface area contributed by atoms with Crippen LogP contribution in [0.2, 0.25) is 5.02 Å². The third kappa shape index (κ3) is 2.99. The van der Waals surface area contributed by atoms with E-state index in [1.807, 2.05) is 11.8 Å². The zero-order valence-corrected chi connectivity index (χ0v) is 13.5. The lowest BCUT2D eigenvalue weighted by Gasteiger charge is -2.34. The number of benzene rings is 1. The summed E-state index contributed by atoms with van der Waals surface area (Å²) in [7, 11) is 0. The van der Waals surface area contributed by atoms with Gasteiger partial charge in [0.2, 0.25) is 5.91 Å². The van der Waals surface area contributed by atoms with E-state index < -0.39 is 0 Å². The zero-order chi connectivity index (χ0) is 15.9. The summed E-state index contributed by atoms with van der Waals surface area (Å²) in [5.41, 5.74) is 6.44. The van der Waals surface area contributed by atoms with Crippen molar-refractivity contribution < 1.29 is 9.18 Å². The van der Waals surface area contributed by atoms with E-state index in [2.05, 4.69) is 0 Å². The lowest BCUT2D eigenvalue weighted by atomic mass is 9.90. The van der Waals surface area contributed by atoms with Gasteiger partial charge in [0.15, 0.2) is 0 Å². The number of likely N-dealkylation sites (tertiary alicyclic amines) is 1. The number of piperidine rings is 1. The van der Waals surface area contributed by atoms with Crippen molar-refractivity contribution in [3.05, 3.63) is 34.6 Å². The van der Waals surface area contributed by atoms with E-state index in [0.717, 1.165) is 25.9 Å². The number of rotatable bonds is 3. The highest BCUT2D eigenvalue weighted by atomic mass is 35.5. The number of carbonyl (C=O) groups excluding carboxylic acids is 1. The van der Waals surface area contributed by atoms with Gasteiger partial charge in [-0.15, -0.1) is 0 Å². The summed E-state index contributed by atoms with van der Waals surface area (Å²) in [5.74, 6) is 0.171. The lowest BCUT2D eigenvalue weighted by Crippen LogP contribution is -2.43. The Hall–Kier alpha value is -1.13. The maximum atomic E-state index is 13.9. The molecule has 1 aromatic rings. The average molecular weight is 325 g/mol. The molecule has 120 valence electrons. The number of carbonyl (C=O) groups is 1. The normalized spacial score (nSPS) is 26.8. The summed E-state index contributed by atoms with van der Waals surface area (Å²) in [4.78, 5) is 14.5. The van der Waals surface area contributed by atoms with Crippen LogP contribution < -0.4 is 5.73 Å². The van der Waals surface area contributed by atoms with Gasteiger partial charge in [-0.05, 0) is 44.2 Å². The van der Waals surface area contributed by atoms with Crippen molar-refractivity contribution in [1.82, 2.24) is 4.90 Å². The molecule has 22 heavy (non-hydrogen) atoms. The molecule has 1 saturated heterocycles. The lowest BCUT2D eigenvalue weighted by molar-refractivity contribution is -0.134. The van der Waals surface area contributed by atoms with Crippen molar-refractivity contribution in [2.24, 2.45) is 17.6 Å². The SMILES string of the molecule is CC(N)C1CCN(C(=O)C2CC2c2c(F)cccc2Cl)CC1. The predicted octanol–water partition coefficient (Wildman–Crippen LogP) is 3.17. The molecule has 2 N–H and O–H groups in total. The van der Waals surface area contributed by atoms with Crippen LogP contribution in [0.25, 0.3) is 0 Å². The first kappa shape index (κ1) is 15.8. The van der Waals surface area contributed by atoms with Gasteiger partial charge in [0.25, 0.3) is 0 Å². The van der Waals surface area contributed by atoms with Crippen LogP contribution in [0.4, 0.5) is 4.39 Å². The molecule has 1 aliphatic carbocycles. The van der Waals surface area contributed by atoms with E-state index in [1.165, 1.54) is 6.07 Å². The fourth-order valence-electron chi connectivity index (χ4n) is 3.53. The molecular formula is C17H22ClFN2O. The van der Waals surface area contributed by atoms with Crippen LogP contribution in [-0.2, 0) is 4.79 Å². The maximum Gasteiger partial charge on any atom is 0.226 e. The summed E-state index contributed by atoms with van der Waals surface area (Å²) in [6.07, 6.45) is 2.62. The maximum absolute atomic E-state index is 13.9. The molecule has 1 aliphatic heterocycles. The van der Waals surface area contributed by atoms with E-state index in [9.17, 15) is 9.18 Å². The Kier molecular flexibility index (Phi) is 4.42. The molecule has 0 radical (unpaired) electrons. The molecule has 3 rings (SSSR count). The van der Waals surface area contributed by atoms with E-state index in [4.69, 9.17) is 17.3 Å². The summed E-state index contributed by atoms with van der Waals surface area (Å²) >= 11 is 6.10. The van der Waals surface area contributed by atoms with Crippen LogP contribution in [0.5, 0.6) is 0 Å². The van der Waals surface area contributed by atoms with Crippen molar-refractivity contribution in [2.75, 3.05) is 13.1 Å². The van der Waals surface area contributed by atoms with Gasteiger partial charge < -0.3 is 10.6 Å². The summed E-state index contributed by atoms with van der Waals surface area (Å²) in [6.45, 7) is 3.55. The first-order chi connectivity index (χ1) is 10.5. The Balaban J connectivity index is 1.62. The number of nitrogens with zero attached hydrogens (tertiary/aromatic N) is 1. The van der Waals surface area contributed by atoms with E-state index in [1.54, 1.807) is 12.1 Å². The fourth-order valence-corrected chi connectivity index (χ4v) is 3.84. The van der Waals surface area contributed by atoms with Gasteiger partial charge in [-0.2, -0.15) is 0 Å². The van der Waals surface area contributed by atoms with Crippen LogP contribution >= 0.6 is 11.6 Å². The smallest absolute Gasteiger partial charge is 0.226 e. The highest BCUT2D eigenvalue weighted by Gasteiger charge is 2.48. The highest BCUT2D eigenvalue weighted by molar-refractivity contribution is 6.31. The van der Waals surface area contributed by atoms with Gasteiger partial charge in [-0.3, -0.25) is 4.79 Å². The van der Waals surface area contributed by atoms with Crippen molar-refractivity contribution in [3.63, 3.8) is 0 Å². The molecule has 0 bridgehead atoms. The van der Waals surface area contributed by atoms with Crippen molar-refractivity contribution in [1.29, 1.82) is 0 Å². The molecule has 1 amide bonds. The Morgan fingerprint density at radius 1 is 1.41 bits per heavy atom. The second kappa shape index (κ2) is 6.17. The summed E-state index contributed by atoms with van der Waals surface area (Å²) in [5, 5.41) is 0.427. The molecule has 5 heteroatoms. The number of halogens is 2. The first-order valence-electron chi connectivity index (χ1n) is 7.97. The van der Waals surface area contributed by atoms with Crippen molar-refractivity contribution in [2.45, 2.75) is 38.1 Å².